The predicted molar refractivity (Wildman–Crippen MR) is 139 cm³/mol. The summed E-state index contributed by atoms with van der Waals surface area (Å²) in [5.41, 5.74) is 4.07. The number of carbonyl (C=O) groups is 2. The smallest absolute Gasteiger partial charge is 0.257 e. The fourth-order valence-electron chi connectivity index (χ4n) is 3.64. The van der Waals surface area contributed by atoms with E-state index < -0.39 is 0 Å². The average Bonchev–Trinajstić information content (AvgIpc) is 3.27. The summed E-state index contributed by atoms with van der Waals surface area (Å²) in [6.07, 6.45) is 2.70. The molecule has 0 aliphatic heterocycles. The Morgan fingerprint density at radius 3 is 2.31 bits per heavy atom. The number of rotatable bonds is 7. The van der Waals surface area contributed by atoms with Crippen LogP contribution in [-0.4, -0.2) is 36.4 Å². The third-order valence-corrected chi connectivity index (χ3v) is 5.38. The Kier molecular flexibility index (Phi) is 7.42. The van der Waals surface area contributed by atoms with Crippen molar-refractivity contribution in [3.8, 4) is 5.75 Å². The summed E-state index contributed by atoms with van der Waals surface area (Å²) in [4.78, 5) is 32.0. The van der Waals surface area contributed by atoms with Gasteiger partial charge in [-0.25, -0.2) is 0 Å². The number of hydrogen-bond donors (Lipinski definition) is 4. The highest BCUT2D eigenvalue weighted by molar-refractivity contribution is 6.10. The molecule has 0 atom stereocenters. The van der Waals surface area contributed by atoms with Crippen LogP contribution >= 0.6 is 0 Å². The van der Waals surface area contributed by atoms with Crippen LogP contribution in [0.2, 0.25) is 0 Å². The van der Waals surface area contributed by atoms with Crippen LogP contribution in [0.25, 0.3) is 10.9 Å². The molecule has 8 heteroatoms. The number of methoxy groups -OCH3 is 1. The zero-order valence-corrected chi connectivity index (χ0v) is 19.6. The lowest BCUT2D eigenvalue weighted by molar-refractivity contribution is -0.114. The van der Waals surface area contributed by atoms with Gasteiger partial charge < -0.3 is 20.4 Å². The zero-order valence-electron chi connectivity index (χ0n) is 19.6. The van der Waals surface area contributed by atoms with Crippen molar-refractivity contribution in [3.63, 3.8) is 0 Å². The first-order chi connectivity index (χ1) is 17.0. The van der Waals surface area contributed by atoms with E-state index in [1.165, 1.54) is 6.92 Å². The van der Waals surface area contributed by atoms with E-state index in [9.17, 15) is 9.59 Å². The van der Waals surface area contributed by atoms with Crippen LogP contribution in [0.4, 0.5) is 11.4 Å². The van der Waals surface area contributed by atoms with Gasteiger partial charge in [-0.2, -0.15) is 0 Å². The van der Waals surface area contributed by atoms with E-state index in [2.05, 4.69) is 32.0 Å². The zero-order chi connectivity index (χ0) is 24.6. The fraction of sp³-hybridized carbons (Fsp3) is 0.148. The topological polar surface area (TPSA) is 108 Å². The standard InChI is InChI=1S/C27H27N5O3/c1-18(33)30-21-9-7-19(8-10-21)26(34)32-27(31-22-11-13-23(35-2)14-12-22)28-16-15-20-17-29-25-6-4-3-5-24(20)25/h3-14,17,29H,15-16H2,1-2H3,(H,30,33)(H2,28,31,32,34). The van der Waals surface area contributed by atoms with Crippen LogP contribution < -0.4 is 20.7 Å². The summed E-state index contributed by atoms with van der Waals surface area (Å²) in [6, 6.07) is 22.1. The van der Waals surface area contributed by atoms with Crippen LogP contribution in [0.3, 0.4) is 0 Å². The first-order valence-electron chi connectivity index (χ1n) is 11.2. The molecule has 1 aromatic heterocycles. The van der Waals surface area contributed by atoms with Crippen molar-refractivity contribution in [2.75, 3.05) is 24.3 Å². The first-order valence-corrected chi connectivity index (χ1v) is 11.2. The number of carbonyl (C=O) groups excluding carboxylic acids is 2. The van der Waals surface area contributed by atoms with E-state index in [1.807, 2.05) is 48.7 Å². The molecular weight excluding hydrogens is 442 g/mol. The van der Waals surface area contributed by atoms with E-state index in [1.54, 1.807) is 31.4 Å². The van der Waals surface area contributed by atoms with E-state index in [-0.39, 0.29) is 11.8 Å². The predicted octanol–water partition coefficient (Wildman–Crippen LogP) is 4.58. The molecule has 0 saturated carbocycles. The maximum atomic E-state index is 12.9. The third-order valence-electron chi connectivity index (χ3n) is 5.38. The van der Waals surface area contributed by atoms with Gasteiger partial charge in [-0.1, -0.05) is 18.2 Å². The minimum atomic E-state index is -0.314. The van der Waals surface area contributed by atoms with Crippen LogP contribution in [0.1, 0.15) is 22.8 Å². The van der Waals surface area contributed by atoms with Crippen molar-refractivity contribution >= 4 is 40.1 Å². The molecular formula is C27H27N5O3. The second-order valence-corrected chi connectivity index (χ2v) is 7.91. The fourth-order valence-corrected chi connectivity index (χ4v) is 3.64. The van der Waals surface area contributed by atoms with Crippen molar-refractivity contribution in [2.45, 2.75) is 13.3 Å². The number of ether oxygens (including phenoxy) is 1. The number of para-hydroxylation sites is 1. The third kappa shape index (κ3) is 6.26. The second-order valence-electron chi connectivity index (χ2n) is 7.91. The van der Waals surface area contributed by atoms with Gasteiger partial charge in [0.05, 0.1) is 7.11 Å². The van der Waals surface area contributed by atoms with Crippen molar-refractivity contribution in [3.05, 3.63) is 90.1 Å². The largest absolute Gasteiger partial charge is 0.497 e. The van der Waals surface area contributed by atoms with Crippen LogP contribution in [-0.2, 0) is 11.2 Å². The second kappa shape index (κ2) is 11.0. The molecule has 0 fully saturated rings. The lowest BCUT2D eigenvalue weighted by atomic mass is 10.1. The Balaban J connectivity index is 1.49. The summed E-state index contributed by atoms with van der Waals surface area (Å²) in [5, 5.41) is 9.90. The molecule has 4 aromatic rings. The molecule has 0 aliphatic carbocycles. The maximum absolute atomic E-state index is 12.9. The number of aromatic amines is 1. The minimum absolute atomic E-state index is 0.171. The molecule has 2 amide bonds. The average molecular weight is 470 g/mol. The highest BCUT2D eigenvalue weighted by Gasteiger charge is 2.11. The van der Waals surface area contributed by atoms with E-state index >= 15 is 0 Å². The highest BCUT2D eigenvalue weighted by Crippen LogP contribution is 2.18. The molecule has 0 unspecified atom stereocenters. The highest BCUT2D eigenvalue weighted by atomic mass is 16.5. The van der Waals surface area contributed by atoms with Gasteiger partial charge >= 0.3 is 0 Å². The van der Waals surface area contributed by atoms with E-state index in [0.29, 0.717) is 30.2 Å². The van der Waals surface area contributed by atoms with Gasteiger partial charge in [0, 0.05) is 47.5 Å². The molecule has 178 valence electrons. The molecule has 4 N–H and O–H groups in total. The number of guanidine groups is 1. The number of anilines is 2. The maximum Gasteiger partial charge on any atom is 0.257 e. The normalized spacial score (nSPS) is 11.2. The molecule has 3 aromatic carbocycles. The van der Waals surface area contributed by atoms with E-state index in [0.717, 1.165) is 27.9 Å². The number of aliphatic imine (C=N–C) groups is 1. The summed E-state index contributed by atoms with van der Waals surface area (Å²) in [6.45, 7) is 1.91. The van der Waals surface area contributed by atoms with Gasteiger partial charge in [0.15, 0.2) is 0 Å². The molecule has 0 radical (unpaired) electrons. The van der Waals surface area contributed by atoms with Crippen LogP contribution in [0.15, 0.2) is 84.0 Å². The molecule has 35 heavy (non-hydrogen) atoms. The molecule has 0 bridgehead atoms. The van der Waals surface area contributed by atoms with Crippen molar-refractivity contribution in [1.29, 1.82) is 0 Å². The molecule has 4 rings (SSSR count). The van der Waals surface area contributed by atoms with Crippen LogP contribution in [0, 0.1) is 0 Å². The summed E-state index contributed by atoms with van der Waals surface area (Å²) < 4.78 is 5.21. The van der Waals surface area contributed by atoms with Crippen LogP contribution in [0.5, 0.6) is 5.75 Å². The summed E-state index contributed by atoms with van der Waals surface area (Å²) in [7, 11) is 1.61. The monoisotopic (exact) mass is 469 g/mol. The van der Waals surface area contributed by atoms with Gasteiger partial charge in [-0.05, 0) is 66.6 Å². The number of fused-ring (bicyclic) bond motifs is 1. The van der Waals surface area contributed by atoms with Gasteiger partial charge in [0.25, 0.3) is 5.91 Å². The number of hydrogen-bond acceptors (Lipinski definition) is 4. The van der Waals surface area contributed by atoms with Gasteiger partial charge in [0.2, 0.25) is 11.9 Å². The SMILES string of the molecule is COc1ccc(NC(=NCCc2c[nH]c3ccccc23)NC(=O)c2ccc(NC(C)=O)cc2)cc1. The number of H-pyrrole nitrogens is 1. The van der Waals surface area contributed by atoms with Crippen molar-refractivity contribution < 1.29 is 14.3 Å². The quantitative estimate of drug-likeness (QED) is 0.235. The summed E-state index contributed by atoms with van der Waals surface area (Å²) >= 11 is 0. The molecule has 1 heterocycles. The molecule has 0 saturated heterocycles. The molecule has 8 nitrogen and oxygen atoms in total. The number of nitrogens with zero attached hydrogens (tertiary/aromatic N) is 1. The number of aromatic nitrogens is 1. The summed E-state index contributed by atoms with van der Waals surface area (Å²) in [5.74, 6) is 0.587. The first kappa shape index (κ1) is 23.6. The lowest BCUT2D eigenvalue weighted by Crippen LogP contribution is -2.36. The Morgan fingerprint density at radius 1 is 0.914 bits per heavy atom. The van der Waals surface area contributed by atoms with Crippen molar-refractivity contribution in [1.82, 2.24) is 10.3 Å². The van der Waals surface area contributed by atoms with Gasteiger partial charge in [0.1, 0.15) is 5.75 Å². The molecule has 0 spiro atoms. The number of amides is 2. The van der Waals surface area contributed by atoms with E-state index in [4.69, 9.17) is 4.74 Å². The Morgan fingerprint density at radius 2 is 1.60 bits per heavy atom. The van der Waals surface area contributed by atoms with Gasteiger partial charge in [-0.15, -0.1) is 0 Å². The lowest BCUT2D eigenvalue weighted by Gasteiger charge is -2.13. The number of benzene rings is 3. The Hall–Kier alpha value is -4.59. The molecule has 0 aliphatic rings. The van der Waals surface area contributed by atoms with Crippen molar-refractivity contribution in [2.24, 2.45) is 4.99 Å². The Bertz CT molecular complexity index is 1340. The number of nitrogens with one attached hydrogen (secondary N) is 4. The van der Waals surface area contributed by atoms with Gasteiger partial charge in [-0.3, -0.25) is 19.9 Å². The minimum Gasteiger partial charge on any atom is -0.497 e. The Labute approximate surface area is 203 Å².